The molecule has 3 rings (SSSR count). The number of hydrogen-bond acceptors (Lipinski definition) is 3. The molecule has 1 atom stereocenters. The van der Waals surface area contributed by atoms with E-state index >= 15 is 0 Å². The number of carbonyl (C=O) groups is 1. The van der Waals surface area contributed by atoms with Crippen LogP contribution in [0.15, 0.2) is 42.5 Å². The summed E-state index contributed by atoms with van der Waals surface area (Å²) >= 11 is 0. The van der Waals surface area contributed by atoms with Gasteiger partial charge in [0.2, 0.25) is 0 Å². The highest BCUT2D eigenvalue weighted by atomic mass is 19.1. The van der Waals surface area contributed by atoms with Crippen molar-refractivity contribution < 1.29 is 23.0 Å². The molecule has 1 aliphatic rings. The van der Waals surface area contributed by atoms with E-state index in [1.54, 1.807) is 29.2 Å². The zero-order chi connectivity index (χ0) is 18.5. The topological polar surface area (TPSA) is 38.8 Å². The number of amides is 1. The first-order valence-corrected chi connectivity index (χ1v) is 8.59. The maximum absolute atomic E-state index is 14.2. The lowest BCUT2D eigenvalue weighted by Crippen LogP contribution is -2.42. The number of para-hydroxylation sites is 1. The first-order valence-electron chi connectivity index (χ1n) is 8.59. The third kappa shape index (κ3) is 3.95. The second-order valence-corrected chi connectivity index (χ2v) is 6.32. The van der Waals surface area contributed by atoms with Gasteiger partial charge < -0.3 is 14.4 Å². The summed E-state index contributed by atoms with van der Waals surface area (Å²) in [6.45, 7) is 1.29. The van der Waals surface area contributed by atoms with Crippen molar-refractivity contribution in [3.63, 3.8) is 0 Å². The molecule has 26 heavy (non-hydrogen) atoms. The van der Waals surface area contributed by atoms with E-state index in [-0.39, 0.29) is 23.0 Å². The van der Waals surface area contributed by atoms with Crippen LogP contribution in [0.1, 0.15) is 23.2 Å². The normalized spacial score (nSPS) is 17.0. The van der Waals surface area contributed by atoms with Crippen molar-refractivity contribution in [2.75, 3.05) is 26.8 Å². The van der Waals surface area contributed by atoms with Crippen LogP contribution >= 0.6 is 0 Å². The van der Waals surface area contributed by atoms with Crippen LogP contribution in [0.5, 0.6) is 11.5 Å². The molecular weight excluding hydrogens is 340 g/mol. The van der Waals surface area contributed by atoms with Crippen LogP contribution in [0.2, 0.25) is 0 Å². The Kier molecular flexibility index (Phi) is 5.71. The van der Waals surface area contributed by atoms with Gasteiger partial charge in [-0.1, -0.05) is 18.2 Å². The van der Waals surface area contributed by atoms with Gasteiger partial charge in [0.1, 0.15) is 17.1 Å². The van der Waals surface area contributed by atoms with Crippen molar-refractivity contribution >= 4 is 5.91 Å². The van der Waals surface area contributed by atoms with Crippen LogP contribution < -0.4 is 9.47 Å². The third-order valence-electron chi connectivity index (χ3n) is 4.53. The molecule has 2 aromatic carbocycles. The number of benzene rings is 2. The zero-order valence-electron chi connectivity index (χ0n) is 14.6. The van der Waals surface area contributed by atoms with E-state index < -0.39 is 17.5 Å². The molecule has 138 valence electrons. The van der Waals surface area contributed by atoms with E-state index in [0.29, 0.717) is 19.7 Å². The van der Waals surface area contributed by atoms with Gasteiger partial charge in [-0.15, -0.1) is 0 Å². The predicted octanol–water partition coefficient (Wildman–Crippen LogP) is 3.90. The van der Waals surface area contributed by atoms with Crippen LogP contribution in [-0.4, -0.2) is 37.6 Å². The summed E-state index contributed by atoms with van der Waals surface area (Å²) in [5.41, 5.74) is -0.0503. The largest absolute Gasteiger partial charge is 0.496 e. The van der Waals surface area contributed by atoms with Gasteiger partial charge in [0.05, 0.1) is 13.7 Å². The number of carbonyl (C=O) groups excluding carboxylic acids is 1. The summed E-state index contributed by atoms with van der Waals surface area (Å²) in [7, 11) is 1.41. The molecule has 0 unspecified atom stereocenters. The quantitative estimate of drug-likeness (QED) is 0.811. The molecule has 1 fully saturated rings. The second-order valence-electron chi connectivity index (χ2n) is 6.32. The molecule has 0 aromatic heterocycles. The lowest BCUT2D eigenvalue weighted by atomic mass is 9.98. The number of nitrogens with zero attached hydrogens (tertiary/aromatic N) is 1. The van der Waals surface area contributed by atoms with Gasteiger partial charge in [0.25, 0.3) is 5.91 Å². The van der Waals surface area contributed by atoms with Crippen LogP contribution in [0.3, 0.4) is 0 Å². The van der Waals surface area contributed by atoms with Crippen molar-refractivity contribution in [3.8, 4) is 11.5 Å². The van der Waals surface area contributed by atoms with Gasteiger partial charge in [-0.2, -0.15) is 0 Å². The Balaban J connectivity index is 1.67. The average molecular weight is 361 g/mol. The maximum atomic E-state index is 14.2. The Morgan fingerprint density at radius 2 is 1.85 bits per heavy atom. The smallest absolute Gasteiger partial charge is 0.260 e. The Morgan fingerprint density at radius 1 is 1.12 bits per heavy atom. The summed E-state index contributed by atoms with van der Waals surface area (Å²) in [6.07, 6.45) is 1.65. The Bertz CT molecular complexity index is 781. The maximum Gasteiger partial charge on any atom is 0.260 e. The lowest BCUT2D eigenvalue weighted by Gasteiger charge is -2.33. The molecule has 1 heterocycles. The van der Waals surface area contributed by atoms with Gasteiger partial charge in [0.15, 0.2) is 11.6 Å². The lowest BCUT2D eigenvalue weighted by molar-refractivity contribution is 0.0623. The summed E-state index contributed by atoms with van der Waals surface area (Å²) in [5, 5.41) is 0. The molecule has 1 aliphatic heterocycles. The second kappa shape index (κ2) is 8.17. The fourth-order valence-electron chi connectivity index (χ4n) is 3.20. The number of rotatable bonds is 5. The number of ether oxygens (including phenoxy) is 2. The monoisotopic (exact) mass is 361 g/mol. The summed E-state index contributed by atoms with van der Waals surface area (Å²) in [4.78, 5) is 14.4. The third-order valence-corrected chi connectivity index (χ3v) is 4.53. The van der Waals surface area contributed by atoms with Gasteiger partial charge in [-0.25, -0.2) is 8.78 Å². The van der Waals surface area contributed by atoms with Gasteiger partial charge in [0, 0.05) is 19.0 Å². The van der Waals surface area contributed by atoms with Gasteiger partial charge in [-0.3, -0.25) is 4.79 Å². The molecule has 0 N–H and O–H groups in total. The molecule has 1 saturated heterocycles. The highest BCUT2D eigenvalue weighted by Gasteiger charge is 2.28. The van der Waals surface area contributed by atoms with E-state index in [2.05, 4.69) is 0 Å². The van der Waals surface area contributed by atoms with Crippen LogP contribution in [0, 0.1) is 17.6 Å². The molecule has 0 radical (unpaired) electrons. The fraction of sp³-hybridized carbons (Fsp3) is 0.350. The fourth-order valence-corrected chi connectivity index (χ4v) is 3.20. The number of hydrogen-bond donors (Lipinski definition) is 0. The molecule has 0 aliphatic carbocycles. The summed E-state index contributed by atoms with van der Waals surface area (Å²) in [5.74, 6) is -0.918. The minimum absolute atomic E-state index is 0.0503. The Morgan fingerprint density at radius 3 is 2.62 bits per heavy atom. The number of likely N-dealkylation sites (tertiary alicyclic amines) is 1. The van der Waals surface area contributed by atoms with E-state index in [0.717, 1.165) is 12.8 Å². The van der Waals surface area contributed by atoms with Crippen LogP contribution in [0.4, 0.5) is 8.78 Å². The molecule has 6 heteroatoms. The SMILES string of the molecule is COc1cccc(F)c1C(=O)N1CCC[C@H](COc2ccccc2F)C1. The highest BCUT2D eigenvalue weighted by Crippen LogP contribution is 2.26. The summed E-state index contributed by atoms with van der Waals surface area (Å²) in [6, 6.07) is 10.6. The molecule has 4 nitrogen and oxygen atoms in total. The van der Waals surface area contributed by atoms with E-state index in [4.69, 9.17) is 9.47 Å². The molecule has 1 amide bonds. The van der Waals surface area contributed by atoms with E-state index in [1.165, 1.54) is 25.3 Å². The van der Waals surface area contributed by atoms with E-state index in [9.17, 15) is 13.6 Å². The molecule has 2 aromatic rings. The number of piperidine rings is 1. The number of halogens is 2. The first kappa shape index (κ1) is 18.2. The molecule has 0 bridgehead atoms. The first-order chi connectivity index (χ1) is 12.6. The van der Waals surface area contributed by atoms with Gasteiger partial charge >= 0.3 is 0 Å². The molecule has 0 spiro atoms. The predicted molar refractivity (Wildman–Crippen MR) is 93.5 cm³/mol. The Labute approximate surface area is 151 Å². The van der Waals surface area contributed by atoms with Crippen molar-refractivity contribution in [1.29, 1.82) is 0 Å². The van der Waals surface area contributed by atoms with Crippen molar-refractivity contribution in [2.24, 2.45) is 5.92 Å². The van der Waals surface area contributed by atoms with Crippen molar-refractivity contribution in [3.05, 3.63) is 59.7 Å². The minimum Gasteiger partial charge on any atom is -0.496 e. The highest BCUT2D eigenvalue weighted by molar-refractivity contribution is 5.97. The van der Waals surface area contributed by atoms with Crippen molar-refractivity contribution in [1.82, 2.24) is 4.90 Å². The van der Waals surface area contributed by atoms with Crippen molar-refractivity contribution in [2.45, 2.75) is 12.8 Å². The standard InChI is InChI=1S/C20H21F2NO3/c1-25-18-10-4-8-16(22)19(18)20(24)23-11-5-6-14(12-23)13-26-17-9-3-2-7-15(17)21/h2-4,7-10,14H,5-6,11-13H2,1H3/t14-/m0/s1. The minimum atomic E-state index is -0.598. The number of methoxy groups -OCH3 is 1. The zero-order valence-corrected chi connectivity index (χ0v) is 14.6. The van der Waals surface area contributed by atoms with Crippen LogP contribution in [0.25, 0.3) is 0 Å². The average Bonchev–Trinajstić information content (AvgIpc) is 2.67. The molecule has 0 saturated carbocycles. The van der Waals surface area contributed by atoms with Gasteiger partial charge in [-0.05, 0) is 37.1 Å². The van der Waals surface area contributed by atoms with E-state index in [1.807, 2.05) is 0 Å². The Hall–Kier alpha value is -2.63. The summed E-state index contributed by atoms with van der Waals surface area (Å²) < 4.78 is 38.5. The van der Waals surface area contributed by atoms with Crippen LogP contribution in [-0.2, 0) is 0 Å². The molecular formula is C20H21F2NO3.